The zero-order valence-electron chi connectivity index (χ0n) is 8.99. The van der Waals surface area contributed by atoms with Crippen molar-refractivity contribution in [3.05, 3.63) is 22.7 Å². The molecule has 4 nitrogen and oxygen atoms in total. The third kappa shape index (κ3) is 4.91. The van der Waals surface area contributed by atoms with E-state index in [2.05, 4.69) is 20.7 Å². The van der Waals surface area contributed by atoms with E-state index in [4.69, 9.17) is 5.11 Å². The summed E-state index contributed by atoms with van der Waals surface area (Å²) in [5.74, 6) is -0.0817. The lowest BCUT2D eigenvalue weighted by Crippen LogP contribution is -2.17. The lowest BCUT2D eigenvalue weighted by molar-refractivity contribution is 0.468. The Hall–Kier alpha value is -0.820. The summed E-state index contributed by atoms with van der Waals surface area (Å²) >= 11 is 3.13. The third-order valence-corrected chi connectivity index (χ3v) is 4.03. The van der Waals surface area contributed by atoms with Crippen LogP contribution in [0.1, 0.15) is 12.8 Å². The van der Waals surface area contributed by atoms with E-state index in [1.54, 1.807) is 0 Å². The van der Waals surface area contributed by atoms with Gasteiger partial charge in [-0.05, 0) is 47.0 Å². The molecule has 0 unspecified atom stereocenters. The first-order valence-corrected chi connectivity index (χ1v) is 7.44. The maximum Gasteiger partial charge on any atom is 0.232 e. The summed E-state index contributed by atoms with van der Waals surface area (Å²) in [5, 5.41) is 9.16. The van der Waals surface area contributed by atoms with Gasteiger partial charge in [-0.2, -0.15) is 0 Å². The van der Waals surface area contributed by atoms with Crippen LogP contribution < -0.4 is 4.72 Å². The molecule has 17 heavy (non-hydrogen) atoms. The summed E-state index contributed by atoms with van der Waals surface area (Å²) in [4.78, 5) is 0. The topological polar surface area (TPSA) is 66.4 Å². The highest BCUT2D eigenvalue weighted by molar-refractivity contribution is 9.10. The standard InChI is InChI=1S/C10H13BrFNO3S/c11-9-7-8(14)3-4-10(9)13-17(15,16)6-2-1-5-12/h3-4,7,13-14H,1-2,5-6H2. The third-order valence-electron chi connectivity index (χ3n) is 2.01. The summed E-state index contributed by atoms with van der Waals surface area (Å²) in [5.41, 5.74) is 0.350. The van der Waals surface area contributed by atoms with Crippen molar-refractivity contribution in [2.75, 3.05) is 17.1 Å². The van der Waals surface area contributed by atoms with Gasteiger partial charge in [0.15, 0.2) is 0 Å². The SMILES string of the molecule is O=S(=O)(CCCCF)Nc1ccc(O)cc1Br. The lowest BCUT2D eigenvalue weighted by Gasteiger charge is -2.09. The summed E-state index contributed by atoms with van der Waals surface area (Å²) in [6, 6.07) is 4.22. The Balaban J connectivity index is 2.69. The van der Waals surface area contributed by atoms with Gasteiger partial charge in [0, 0.05) is 4.47 Å². The monoisotopic (exact) mass is 325 g/mol. The van der Waals surface area contributed by atoms with E-state index in [0.29, 0.717) is 10.2 Å². The predicted molar refractivity (Wildman–Crippen MR) is 68.4 cm³/mol. The first-order chi connectivity index (χ1) is 7.94. The van der Waals surface area contributed by atoms with Crippen LogP contribution in [0.3, 0.4) is 0 Å². The van der Waals surface area contributed by atoms with Gasteiger partial charge in [0.2, 0.25) is 10.0 Å². The van der Waals surface area contributed by atoms with Crippen molar-refractivity contribution in [1.29, 1.82) is 0 Å². The minimum atomic E-state index is -3.47. The van der Waals surface area contributed by atoms with Crippen molar-refractivity contribution in [2.24, 2.45) is 0 Å². The van der Waals surface area contributed by atoms with Gasteiger partial charge in [-0.3, -0.25) is 9.11 Å². The Morgan fingerprint density at radius 2 is 2.06 bits per heavy atom. The van der Waals surface area contributed by atoms with E-state index in [-0.39, 0.29) is 24.3 Å². The van der Waals surface area contributed by atoms with Gasteiger partial charge in [-0.15, -0.1) is 0 Å². The van der Waals surface area contributed by atoms with Crippen LogP contribution >= 0.6 is 15.9 Å². The minimum Gasteiger partial charge on any atom is -0.508 e. The van der Waals surface area contributed by atoms with Gasteiger partial charge < -0.3 is 5.11 Å². The minimum absolute atomic E-state index is 0.0391. The molecule has 0 atom stereocenters. The molecule has 7 heteroatoms. The molecule has 0 aliphatic carbocycles. The summed E-state index contributed by atoms with van der Waals surface area (Å²) < 4.78 is 37.9. The second kappa shape index (κ2) is 6.20. The number of aromatic hydroxyl groups is 1. The zero-order chi connectivity index (χ0) is 12.9. The number of phenolic OH excluding ortho intramolecular Hbond substituents is 1. The number of alkyl halides is 1. The summed E-state index contributed by atoms with van der Waals surface area (Å²) in [7, 11) is -3.47. The number of benzene rings is 1. The Morgan fingerprint density at radius 3 is 2.65 bits per heavy atom. The van der Waals surface area contributed by atoms with E-state index in [0.717, 1.165) is 0 Å². The molecule has 0 amide bonds. The Kier molecular flexibility index (Phi) is 5.20. The molecule has 96 valence electrons. The van der Waals surface area contributed by atoms with Gasteiger partial charge in [0.05, 0.1) is 18.1 Å². The van der Waals surface area contributed by atoms with Crippen molar-refractivity contribution in [3.63, 3.8) is 0 Å². The van der Waals surface area contributed by atoms with Gasteiger partial charge in [-0.1, -0.05) is 0 Å². The second-order valence-corrected chi connectivity index (χ2v) is 6.18. The molecule has 1 aromatic carbocycles. The number of halogens is 2. The highest BCUT2D eigenvalue weighted by Gasteiger charge is 2.12. The van der Waals surface area contributed by atoms with Crippen LogP contribution in [0.2, 0.25) is 0 Å². The van der Waals surface area contributed by atoms with Gasteiger partial charge >= 0.3 is 0 Å². The maximum absolute atomic E-state index is 11.9. The first kappa shape index (κ1) is 14.2. The fourth-order valence-electron chi connectivity index (χ4n) is 1.19. The average Bonchev–Trinajstić information content (AvgIpc) is 2.22. The van der Waals surface area contributed by atoms with Crippen LogP contribution in [0, 0.1) is 0 Å². The normalized spacial score (nSPS) is 11.4. The summed E-state index contributed by atoms with van der Waals surface area (Å²) in [6.07, 6.45) is 0.513. The van der Waals surface area contributed by atoms with Crippen LogP contribution in [-0.4, -0.2) is 26.0 Å². The van der Waals surface area contributed by atoms with Crippen molar-refractivity contribution < 1.29 is 17.9 Å². The van der Waals surface area contributed by atoms with Gasteiger partial charge in [-0.25, -0.2) is 8.42 Å². The van der Waals surface area contributed by atoms with E-state index >= 15 is 0 Å². The number of sulfonamides is 1. The maximum atomic E-state index is 11.9. The van der Waals surface area contributed by atoms with Crippen LogP contribution in [0.4, 0.5) is 10.1 Å². The van der Waals surface area contributed by atoms with E-state index in [9.17, 15) is 12.8 Å². The van der Waals surface area contributed by atoms with Crippen LogP contribution in [0.25, 0.3) is 0 Å². The van der Waals surface area contributed by atoms with Crippen molar-refractivity contribution in [1.82, 2.24) is 0 Å². The zero-order valence-corrected chi connectivity index (χ0v) is 11.4. The van der Waals surface area contributed by atoms with E-state index in [1.165, 1.54) is 18.2 Å². The van der Waals surface area contributed by atoms with Crippen LogP contribution in [0.15, 0.2) is 22.7 Å². The molecular weight excluding hydrogens is 313 g/mol. The fourth-order valence-corrected chi connectivity index (χ4v) is 2.99. The number of rotatable bonds is 6. The fraction of sp³-hybridized carbons (Fsp3) is 0.400. The molecule has 0 aliphatic rings. The molecule has 0 radical (unpaired) electrons. The molecule has 2 N–H and O–H groups in total. The largest absolute Gasteiger partial charge is 0.508 e. The highest BCUT2D eigenvalue weighted by Crippen LogP contribution is 2.27. The van der Waals surface area contributed by atoms with Crippen molar-refractivity contribution in [3.8, 4) is 5.75 Å². The molecule has 0 heterocycles. The Bertz CT molecular complexity index is 478. The molecule has 0 spiro atoms. The molecule has 0 bridgehead atoms. The van der Waals surface area contributed by atoms with Crippen molar-refractivity contribution >= 4 is 31.6 Å². The van der Waals surface area contributed by atoms with Gasteiger partial charge in [0.1, 0.15) is 5.75 Å². The summed E-state index contributed by atoms with van der Waals surface area (Å²) in [6.45, 7) is -0.515. The van der Waals surface area contributed by atoms with Crippen LogP contribution in [-0.2, 0) is 10.0 Å². The molecule has 0 aromatic heterocycles. The van der Waals surface area contributed by atoms with Crippen molar-refractivity contribution in [2.45, 2.75) is 12.8 Å². The van der Waals surface area contributed by atoms with Gasteiger partial charge in [0.25, 0.3) is 0 Å². The molecule has 0 fully saturated rings. The van der Waals surface area contributed by atoms with E-state index < -0.39 is 16.7 Å². The number of anilines is 1. The Morgan fingerprint density at radius 1 is 1.35 bits per heavy atom. The highest BCUT2D eigenvalue weighted by atomic mass is 79.9. The van der Waals surface area contributed by atoms with E-state index in [1.807, 2.05) is 0 Å². The molecule has 0 aliphatic heterocycles. The predicted octanol–water partition coefficient (Wildman–Crippen LogP) is 2.65. The molecular formula is C10H13BrFNO3S. The lowest BCUT2D eigenvalue weighted by atomic mass is 10.3. The number of unbranched alkanes of at least 4 members (excludes halogenated alkanes) is 1. The molecule has 1 aromatic rings. The quantitative estimate of drug-likeness (QED) is 0.624. The smallest absolute Gasteiger partial charge is 0.232 e. The van der Waals surface area contributed by atoms with Crippen LogP contribution in [0.5, 0.6) is 5.75 Å². The number of hydrogen-bond acceptors (Lipinski definition) is 3. The average molecular weight is 326 g/mol. The first-order valence-electron chi connectivity index (χ1n) is 4.99. The number of nitrogens with one attached hydrogen (secondary N) is 1. The Labute approximate surface area is 108 Å². The number of hydrogen-bond donors (Lipinski definition) is 2. The number of phenols is 1. The second-order valence-electron chi connectivity index (χ2n) is 3.48. The molecule has 0 saturated carbocycles. The molecule has 0 saturated heterocycles. The molecule has 1 rings (SSSR count).